The van der Waals surface area contributed by atoms with Crippen LogP contribution < -0.4 is 27.1 Å². The molecule has 0 saturated heterocycles. The van der Waals surface area contributed by atoms with E-state index in [9.17, 15) is 34.2 Å². The van der Waals surface area contributed by atoms with Crippen molar-refractivity contribution in [1.82, 2.24) is 25.1 Å². The van der Waals surface area contributed by atoms with Gasteiger partial charge in [-0.2, -0.15) is 0 Å². The van der Waals surface area contributed by atoms with Crippen molar-refractivity contribution in [2.45, 2.75) is 18.9 Å². The van der Waals surface area contributed by atoms with E-state index >= 15 is 0 Å². The minimum Gasteiger partial charge on any atom is -0.502 e. The molecular weight excluding hydrogens is 542 g/mol. The molecule has 226 valence electrons. The van der Waals surface area contributed by atoms with Gasteiger partial charge in [0.05, 0.1) is 44.2 Å². The molecule has 5 N–H and O–H groups in total. The summed E-state index contributed by atoms with van der Waals surface area (Å²) >= 11 is 0. The molecule has 1 atom stereocenters. The van der Waals surface area contributed by atoms with Crippen LogP contribution in [-0.4, -0.2) is 96.3 Å². The van der Waals surface area contributed by atoms with Crippen molar-refractivity contribution in [3.05, 3.63) is 56.4 Å². The zero-order chi connectivity index (χ0) is 30.4. The second-order valence-corrected chi connectivity index (χ2v) is 8.92. The highest BCUT2D eigenvalue weighted by Gasteiger charge is 2.24. The van der Waals surface area contributed by atoms with Gasteiger partial charge in [-0.1, -0.05) is 0 Å². The van der Waals surface area contributed by atoms with Crippen LogP contribution in [0.5, 0.6) is 11.5 Å². The van der Waals surface area contributed by atoms with Crippen LogP contribution in [0, 0.1) is 0 Å². The zero-order valence-electron chi connectivity index (χ0n) is 23.3. The Hall–Kier alpha value is -4.21. The number of ether oxygens (including phenoxy) is 3. The lowest BCUT2D eigenvalue weighted by Gasteiger charge is -2.19. The lowest BCUT2D eigenvalue weighted by molar-refractivity contribution is -0.123. The molecule has 0 radical (unpaired) electrons. The van der Waals surface area contributed by atoms with E-state index in [1.54, 1.807) is 7.11 Å². The number of hydrogen-bond acceptors (Lipinski definition) is 10. The van der Waals surface area contributed by atoms with Crippen molar-refractivity contribution < 1.29 is 38.8 Å². The Morgan fingerprint density at radius 2 is 1.34 bits per heavy atom. The summed E-state index contributed by atoms with van der Waals surface area (Å²) in [6, 6.07) is 1.46. The molecule has 1 unspecified atom stereocenters. The monoisotopic (exact) mass is 579 g/mol. The first-order valence-corrected chi connectivity index (χ1v) is 12.9. The largest absolute Gasteiger partial charge is 0.502 e. The van der Waals surface area contributed by atoms with Gasteiger partial charge in [0.1, 0.15) is 6.04 Å². The second-order valence-electron chi connectivity index (χ2n) is 8.92. The molecular formula is C26H37N5O10. The SMILES string of the molecule is COCCOCCOCCNC(=O)C(CCCNC(=O)c1ccn(C)c(=O)c1O)NC(=O)c1ccn(C)c(=O)c1O. The van der Waals surface area contributed by atoms with Crippen molar-refractivity contribution in [1.29, 1.82) is 0 Å². The molecule has 2 rings (SSSR count). The average Bonchev–Trinajstić information content (AvgIpc) is 2.95. The third-order valence-electron chi connectivity index (χ3n) is 5.90. The van der Waals surface area contributed by atoms with Gasteiger partial charge in [0, 0.05) is 46.7 Å². The highest BCUT2D eigenvalue weighted by molar-refractivity contribution is 5.99. The number of nitrogens with one attached hydrogen (secondary N) is 3. The molecule has 0 aromatic carbocycles. The fraction of sp³-hybridized carbons (Fsp3) is 0.500. The van der Waals surface area contributed by atoms with Crippen molar-refractivity contribution in [2.75, 3.05) is 53.2 Å². The molecule has 3 amide bonds. The van der Waals surface area contributed by atoms with Crippen LogP contribution in [0.4, 0.5) is 0 Å². The van der Waals surface area contributed by atoms with Gasteiger partial charge in [-0.05, 0) is 25.0 Å². The maximum atomic E-state index is 12.9. The summed E-state index contributed by atoms with van der Waals surface area (Å²) in [7, 11) is 4.41. The smallest absolute Gasteiger partial charge is 0.293 e. The third kappa shape index (κ3) is 10.0. The number of pyridine rings is 2. The number of carbonyl (C=O) groups excluding carboxylic acids is 3. The summed E-state index contributed by atoms with van der Waals surface area (Å²) < 4.78 is 17.8. The number of aromatic nitrogens is 2. The predicted molar refractivity (Wildman–Crippen MR) is 146 cm³/mol. The molecule has 0 aliphatic rings. The van der Waals surface area contributed by atoms with E-state index in [0.29, 0.717) is 26.4 Å². The van der Waals surface area contributed by atoms with E-state index in [-0.39, 0.29) is 43.7 Å². The molecule has 15 nitrogen and oxygen atoms in total. The summed E-state index contributed by atoms with van der Waals surface area (Å²) in [6.45, 7) is 1.95. The standard InChI is InChI=1S/C26H37N5O10/c1-30-10-6-17(20(32)25(30)37)22(34)27-8-4-5-19(24(36)28-9-12-40-15-16-41-14-13-39-3)29-23(35)18-7-11-31(2)26(38)21(18)33/h6-7,10-11,19,32-33H,4-5,8-9,12-16H2,1-3H3,(H,27,34)(H,28,36)(H,29,35). The van der Waals surface area contributed by atoms with Crippen LogP contribution >= 0.6 is 0 Å². The molecule has 0 saturated carbocycles. The Kier molecular flexibility index (Phi) is 13.5. The Morgan fingerprint density at radius 3 is 1.93 bits per heavy atom. The fourth-order valence-electron chi connectivity index (χ4n) is 3.54. The first-order chi connectivity index (χ1) is 19.6. The lowest BCUT2D eigenvalue weighted by atomic mass is 10.1. The number of amides is 3. The van der Waals surface area contributed by atoms with E-state index in [2.05, 4.69) is 16.0 Å². The highest BCUT2D eigenvalue weighted by Crippen LogP contribution is 2.12. The quantitative estimate of drug-likeness (QED) is 0.139. The molecule has 0 aliphatic carbocycles. The topological polar surface area (TPSA) is 199 Å². The summed E-state index contributed by atoms with van der Waals surface area (Å²) in [5.41, 5.74) is -1.99. The number of methoxy groups -OCH3 is 1. The van der Waals surface area contributed by atoms with Gasteiger partial charge < -0.3 is 49.5 Å². The number of hydrogen-bond donors (Lipinski definition) is 5. The molecule has 15 heteroatoms. The van der Waals surface area contributed by atoms with Crippen molar-refractivity contribution in [3.63, 3.8) is 0 Å². The Morgan fingerprint density at radius 1 is 0.805 bits per heavy atom. The van der Waals surface area contributed by atoms with Crippen molar-refractivity contribution >= 4 is 17.7 Å². The summed E-state index contributed by atoms with van der Waals surface area (Å²) in [5, 5.41) is 27.8. The average molecular weight is 580 g/mol. The van der Waals surface area contributed by atoms with Crippen molar-refractivity contribution in [2.24, 2.45) is 14.1 Å². The molecule has 2 aromatic heterocycles. The van der Waals surface area contributed by atoms with Gasteiger partial charge in [-0.3, -0.25) is 24.0 Å². The van der Waals surface area contributed by atoms with E-state index in [4.69, 9.17) is 14.2 Å². The predicted octanol–water partition coefficient (Wildman–Crippen LogP) is -1.40. The van der Waals surface area contributed by atoms with E-state index in [1.807, 2.05) is 0 Å². The minimum absolute atomic E-state index is 0.0520. The van der Waals surface area contributed by atoms with Gasteiger partial charge in [0.15, 0.2) is 11.5 Å². The van der Waals surface area contributed by atoms with E-state index in [0.717, 1.165) is 9.13 Å². The van der Waals surface area contributed by atoms with Crippen LogP contribution in [0.15, 0.2) is 34.1 Å². The second kappa shape index (κ2) is 16.8. The van der Waals surface area contributed by atoms with Crippen LogP contribution in [0.3, 0.4) is 0 Å². The Balaban J connectivity index is 1.96. The number of carbonyl (C=O) groups is 3. The fourth-order valence-corrected chi connectivity index (χ4v) is 3.54. The van der Waals surface area contributed by atoms with Crippen LogP contribution in [-0.2, 0) is 33.1 Å². The van der Waals surface area contributed by atoms with Crippen LogP contribution in [0.1, 0.15) is 33.6 Å². The molecule has 0 spiro atoms. The van der Waals surface area contributed by atoms with Crippen LogP contribution in [0.25, 0.3) is 0 Å². The third-order valence-corrected chi connectivity index (χ3v) is 5.90. The first kappa shape index (κ1) is 33.0. The maximum absolute atomic E-state index is 12.9. The molecule has 0 bridgehead atoms. The zero-order valence-corrected chi connectivity index (χ0v) is 23.3. The molecule has 0 fully saturated rings. The summed E-state index contributed by atoms with van der Waals surface area (Å²) in [5.74, 6) is -3.50. The van der Waals surface area contributed by atoms with Gasteiger partial charge >= 0.3 is 0 Å². The number of aryl methyl sites for hydroxylation is 2. The van der Waals surface area contributed by atoms with Crippen molar-refractivity contribution in [3.8, 4) is 11.5 Å². The Bertz CT molecular complexity index is 1310. The number of rotatable bonds is 17. The summed E-state index contributed by atoms with van der Waals surface area (Å²) in [4.78, 5) is 62.0. The normalized spacial score (nSPS) is 11.6. The molecule has 2 aromatic rings. The number of nitrogens with zero attached hydrogens (tertiary/aromatic N) is 2. The van der Waals surface area contributed by atoms with Gasteiger partial charge in [-0.25, -0.2) is 0 Å². The number of aromatic hydroxyl groups is 2. The van der Waals surface area contributed by atoms with Gasteiger partial charge in [0.25, 0.3) is 22.9 Å². The summed E-state index contributed by atoms with van der Waals surface area (Å²) in [6.07, 6.45) is 2.94. The first-order valence-electron chi connectivity index (χ1n) is 12.9. The molecule has 2 heterocycles. The van der Waals surface area contributed by atoms with E-state index < -0.39 is 46.4 Å². The lowest BCUT2D eigenvalue weighted by Crippen LogP contribution is -2.48. The maximum Gasteiger partial charge on any atom is 0.293 e. The molecule has 0 aliphatic heterocycles. The van der Waals surface area contributed by atoms with Gasteiger partial charge in [0.2, 0.25) is 5.91 Å². The van der Waals surface area contributed by atoms with E-state index in [1.165, 1.54) is 38.6 Å². The van der Waals surface area contributed by atoms with Crippen LogP contribution in [0.2, 0.25) is 0 Å². The minimum atomic E-state index is -1.09. The Labute approximate surface area is 236 Å². The molecule has 41 heavy (non-hydrogen) atoms. The highest BCUT2D eigenvalue weighted by atomic mass is 16.5. The van der Waals surface area contributed by atoms with Gasteiger partial charge in [-0.15, -0.1) is 0 Å².